The summed E-state index contributed by atoms with van der Waals surface area (Å²) in [7, 11) is 0. The number of nitrogens with two attached hydrogens (primary N) is 1. The Morgan fingerprint density at radius 3 is 2.79 bits per heavy atom. The lowest BCUT2D eigenvalue weighted by Gasteiger charge is -2.20. The molecule has 1 amide bonds. The van der Waals surface area contributed by atoms with E-state index in [0.717, 1.165) is 38.6 Å². The highest BCUT2D eigenvalue weighted by atomic mass is 16.1. The van der Waals surface area contributed by atoms with E-state index in [1.54, 1.807) is 17.3 Å². The number of allylic oxidation sites excluding steroid dienone is 6. The third-order valence-electron chi connectivity index (χ3n) is 5.74. The predicted molar refractivity (Wildman–Crippen MR) is 142 cm³/mol. The molecule has 182 valence electrons. The van der Waals surface area contributed by atoms with Gasteiger partial charge in [0, 0.05) is 31.1 Å². The highest BCUT2D eigenvalue weighted by Crippen LogP contribution is 2.20. The SMILES string of the molecule is C=CN(N=C)C(C)/C=C(\C/C=C\N)C(=O)NCCCNC(CC)C/C1=C(\C)C/C=C\CC=C1. The molecule has 0 radical (unpaired) electrons. The van der Waals surface area contributed by atoms with Crippen LogP contribution in [0.3, 0.4) is 0 Å². The topological polar surface area (TPSA) is 82.8 Å². The lowest BCUT2D eigenvalue weighted by molar-refractivity contribution is -0.117. The standard InChI is InChI=1S/C27H43N5O/c1-6-26(21-24-15-11-9-8-10-14-22(24)3)30-18-13-19-31-27(33)25(16-12-17-28)20-23(4)32(7-2)29-5/h7-8,10-12,15,17,20,23,26,30H,2,5-6,9,13-14,16,18-19,21,28H2,1,3-4H3,(H,31,33)/b10-8-,15-11?,17-12-,24-22+,25-20+. The monoisotopic (exact) mass is 453 g/mol. The smallest absolute Gasteiger partial charge is 0.247 e. The summed E-state index contributed by atoms with van der Waals surface area (Å²) in [6, 6.07) is 0.301. The molecule has 6 nitrogen and oxygen atoms in total. The van der Waals surface area contributed by atoms with Crippen LogP contribution in [0.25, 0.3) is 0 Å². The van der Waals surface area contributed by atoms with Crippen LogP contribution >= 0.6 is 0 Å². The second-order valence-corrected chi connectivity index (χ2v) is 8.26. The number of carbonyl (C=O) groups is 1. The summed E-state index contributed by atoms with van der Waals surface area (Å²) in [5.74, 6) is -0.0893. The van der Waals surface area contributed by atoms with E-state index >= 15 is 0 Å². The Hall–Kier alpha value is -2.86. The van der Waals surface area contributed by atoms with Crippen LogP contribution in [-0.4, -0.2) is 42.8 Å². The molecule has 0 spiro atoms. The molecule has 6 heteroatoms. The summed E-state index contributed by atoms with van der Waals surface area (Å²) in [6.07, 6.45) is 21.1. The number of nitrogens with one attached hydrogen (secondary N) is 2. The summed E-state index contributed by atoms with van der Waals surface area (Å²) >= 11 is 0. The average Bonchev–Trinajstić information content (AvgIpc) is 2.80. The molecule has 2 unspecified atom stereocenters. The first-order chi connectivity index (χ1) is 16.0. The van der Waals surface area contributed by atoms with Gasteiger partial charge in [0.15, 0.2) is 0 Å². The summed E-state index contributed by atoms with van der Waals surface area (Å²) in [6.45, 7) is 15.1. The quantitative estimate of drug-likeness (QED) is 0.110. The number of nitrogens with zero attached hydrogens (tertiary/aromatic N) is 2. The van der Waals surface area contributed by atoms with E-state index in [1.807, 2.05) is 13.0 Å². The van der Waals surface area contributed by atoms with Crippen molar-refractivity contribution in [2.75, 3.05) is 13.1 Å². The Morgan fingerprint density at radius 1 is 1.33 bits per heavy atom. The fraction of sp³-hybridized carbons (Fsp3) is 0.481. The van der Waals surface area contributed by atoms with Crippen molar-refractivity contribution in [2.24, 2.45) is 10.8 Å². The summed E-state index contributed by atoms with van der Waals surface area (Å²) in [4.78, 5) is 12.7. The lowest BCUT2D eigenvalue weighted by Crippen LogP contribution is -2.33. The van der Waals surface area contributed by atoms with Gasteiger partial charge in [0.2, 0.25) is 5.91 Å². The Bertz CT molecular complexity index is 767. The number of amides is 1. The van der Waals surface area contributed by atoms with Crippen molar-refractivity contribution in [3.8, 4) is 0 Å². The molecule has 1 aliphatic rings. The van der Waals surface area contributed by atoms with E-state index in [9.17, 15) is 4.79 Å². The molecule has 0 aromatic heterocycles. The Kier molecular flexibility index (Phi) is 14.3. The predicted octanol–water partition coefficient (Wildman–Crippen LogP) is 4.71. The molecule has 0 saturated carbocycles. The van der Waals surface area contributed by atoms with E-state index in [0.29, 0.717) is 24.6 Å². The minimum Gasteiger partial charge on any atom is -0.405 e. The van der Waals surface area contributed by atoms with Gasteiger partial charge in [-0.1, -0.05) is 55.5 Å². The minimum absolute atomic E-state index is 0.0893. The van der Waals surface area contributed by atoms with E-state index in [4.69, 9.17) is 5.73 Å². The van der Waals surface area contributed by atoms with E-state index in [1.165, 1.54) is 17.3 Å². The molecular formula is C27H43N5O. The first kappa shape index (κ1) is 28.2. The molecule has 0 aromatic carbocycles. The molecular weight excluding hydrogens is 410 g/mol. The van der Waals surface area contributed by atoms with E-state index in [-0.39, 0.29) is 11.9 Å². The highest BCUT2D eigenvalue weighted by Gasteiger charge is 2.13. The van der Waals surface area contributed by atoms with Crippen molar-refractivity contribution in [2.45, 2.75) is 71.4 Å². The van der Waals surface area contributed by atoms with Gasteiger partial charge in [0.25, 0.3) is 0 Å². The van der Waals surface area contributed by atoms with Crippen molar-refractivity contribution in [3.63, 3.8) is 0 Å². The van der Waals surface area contributed by atoms with Gasteiger partial charge in [-0.2, -0.15) is 5.10 Å². The first-order valence-corrected chi connectivity index (χ1v) is 11.9. The number of hydrazone groups is 1. The van der Waals surface area contributed by atoms with Gasteiger partial charge in [0.05, 0.1) is 6.04 Å². The molecule has 1 aliphatic carbocycles. The zero-order valence-electron chi connectivity index (χ0n) is 20.7. The minimum atomic E-state index is -0.130. The van der Waals surface area contributed by atoms with Gasteiger partial charge in [0.1, 0.15) is 0 Å². The van der Waals surface area contributed by atoms with Crippen molar-refractivity contribution in [1.29, 1.82) is 0 Å². The Morgan fingerprint density at radius 2 is 2.12 bits per heavy atom. The molecule has 1 rings (SSSR count). The molecule has 4 N–H and O–H groups in total. The molecule has 0 heterocycles. The van der Waals surface area contributed by atoms with E-state index in [2.05, 4.69) is 67.2 Å². The lowest BCUT2D eigenvalue weighted by atomic mass is 9.96. The molecule has 0 saturated heterocycles. The first-order valence-electron chi connectivity index (χ1n) is 11.9. The normalized spacial score (nSPS) is 19.4. The van der Waals surface area contributed by atoms with Crippen LogP contribution in [-0.2, 0) is 4.79 Å². The van der Waals surface area contributed by atoms with E-state index < -0.39 is 0 Å². The van der Waals surface area contributed by atoms with Crippen LogP contribution in [0.5, 0.6) is 0 Å². The zero-order chi connectivity index (χ0) is 24.5. The van der Waals surface area contributed by atoms with Gasteiger partial charge >= 0.3 is 0 Å². The molecule has 33 heavy (non-hydrogen) atoms. The maximum Gasteiger partial charge on any atom is 0.247 e. The second kappa shape index (κ2) is 16.7. The third-order valence-corrected chi connectivity index (χ3v) is 5.74. The molecule has 0 aliphatic heterocycles. The van der Waals surface area contributed by atoms with Crippen LogP contribution in [0.2, 0.25) is 0 Å². The zero-order valence-corrected chi connectivity index (χ0v) is 20.7. The van der Waals surface area contributed by atoms with Gasteiger partial charge < -0.3 is 16.4 Å². The van der Waals surface area contributed by atoms with Gasteiger partial charge in [-0.15, -0.1) is 0 Å². The largest absolute Gasteiger partial charge is 0.405 e. The van der Waals surface area contributed by atoms with Crippen LogP contribution in [0.1, 0.15) is 59.3 Å². The third kappa shape index (κ3) is 11.0. The molecule has 0 aromatic rings. The van der Waals surface area contributed by atoms with Crippen molar-refractivity contribution < 1.29 is 4.79 Å². The van der Waals surface area contributed by atoms with Gasteiger partial charge in [-0.25, -0.2) is 0 Å². The van der Waals surface area contributed by atoms with Crippen molar-refractivity contribution >= 4 is 12.6 Å². The second-order valence-electron chi connectivity index (χ2n) is 8.26. The van der Waals surface area contributed by atoms with Crippen molar-refractivity contribution in [3.05, 3.63) is 72.2 Å². The number of hydrogen-bond acceptors (Lipinski definition) is 5. The number of carbonyl (C=O) groups excluding carboxylic acids is 1. The maximum absolute atomic E-state index is 12.7. The van der Waals surface area contributed by atoms with Crippen LogP contribution in [0.15, 0.2) is 77.3 Å². The van der Waals surface area contributed by atoms with Gasteiger partial charge in [-0.05, 0) is 70.7 Å². The Labute approximate surface area is 200 Å². The Balaban J connectivity index is 2.54. The maximum atomic E-state index is 12.7. The molecule has 2 atom stereocenters. The fourth-order valence-corrected chi connectivity index (χ4v) is 3.65. The molecule has 0 bridgehead atoms. The highest BCUT2D eigenvalue weighted by molar-refractivity contribution is 5.93. The summed E-state index contributed by atoms with van der Waals surface area (Å²) < 4.78 is 0. The fourth-order valence-electron chi connectivity index (χ4n) is 3.65. The van der Waals surface area contributed by atoms with Gasteiger partial charge in [-0.3, -0.25) is 9.80 Å². The van der Waals surface area contributed by atoms with Crippen LogP contribution in [0.4, 0.5) is 0 Å². The number of rotatable bonds is 15. The summed E-state index contributed by atoms with van der Waals surface area (Å²) in [5.41, 5.74) is 9.00. The summed E-state index contributed by atoms with van der Waals surface area (Å²) in [5, 5.41) is 12.2. The van der Waals surface area contributed by atoms with Crippen LogP contribution < -0.4 is 16.4 Å². The van der Waals surface area contributed by atoms with Crippen LogP contribution in [0, 0.1) is 0 Å². The average molecular weight is 454 g/mol. The van der Waals surface area contributed by atoms with Crippen molar-refractivity contribution in [1.82, 2.24) is 15.6 Å². The molecule has 0 fully saturated rings. The number of hydrogen-bond donors (Lipinski definition) is 3.